The first-order chi connectivity index (χ1) is 13.1. The molecule has 0 fully saturated rings. The summed E-state index contributed by atoms with van der Waals surface area (Å²) in [5.41, 5.74) is 1.75. The highest BCUT2D eigenvalue weighted by molar-refractivity contribution is 14.1. The van der Waals surface area contributed by atoms with Gasteiger partial charge in [-0.2, -0.15) is 0 Å². The van der Waals surface area contributed by atoms with Crippen LogP contribution in [0.25, 0.3) is 0 Å². The maximum atomic E-state index is 12.2. The van der Waals surface area contributed by atoms with E-state index < -0.39 is 0 Å². The molecule has 6 heteroatoms. The molecule has 0 spiro atoms. The smallest absolute Gasteiger partial charge is 0.262 e. The summed E-state index contributed by atoms with van der Waals surface area (Å²) < 4.78 is 6.56. The van der Waals surface area contributed by atoms with Gasteiger partial charge < -0.3 is 15.4 Å². The predicted octanol–water partition coefficient (Wildman–Crippen LogP) is 4.56. The second kappa shape index (κ2) is 9.18. The number of anilines is 2. The van der Waals surface area contributed by atoms with Gasteiger partial charge in [-0.1, -0.05) is 24.3 Å². The zero-order chi connectivity index (χ0) is 19.1. The summed E-state index contributed by atoms with van der Waals surface area (Å²) in [6.45, 7) is -0.0960. The molecule has 5 nitrogen and oxygen atoms in total. The number of amides is 2. The minimum Gasteiger partial charge on any atom is -0.484 e. The summed E-state index contributed by atoms with van der Waals surface area (Å²) in [4.78, 5) is 24.3. The van der Waals surface area contributed by atoms with E-state index in [9.17, 15) is 9.59 Å². The molecule has 0 aliphatic rings. The lowest BCUT2D eigenvalue weighted by Crippen LogP contribution is -2.20. The first kappa shape index (κ1) is 18.9. The van der Waals surface area contributed by atoms with E-state index in [1.807, 2.05) is 30.3 Å². The average Bonchev–Trinajstić information content (AvgIpc) is 2.68. The summed E-state index contributed by atoms with van der Waals surface area (Å²) in [5.74, 6) is 0.149. The fourth-order valence-electron chi connectivity index (χ4n) is 2.34. The quantitative estimate of drug-likeness (QED) is 0.517. The first-order valence-corrected chi connectivity index (χ1v) is 9.33. The van der Waals surface area contributed by atoms with Gasteiger partial charge in [0.15, 0.2) is 6.61 Å². The molecule has 3 aromatic rings. The molecule has 0 saturated heterocycles. The van der Waals surface area contributed by atoms with E-state index in [-0.39, 0.29) is 18.4 Å². The molecule has 0 aliphatic carbocycles. The Morgan fingerprint density at radius 1 is 0.815 bits per heavy atom. The summed E-state index contributed by atoms with van der Waals surface area (Å²) in [7, 11) is 0. The third-order valence-electron chi connectivity index (χ3n) is 3.62. The molecule has 0 bridgehead atoms. The van der Waals surface area contributed by atoms with Crippen molar-refractivity contribution >= 4 is 45.8 Å². The van der Waals surface area contributed by atoms with Crippen LogP contribution in [0.4, 0.5) is 11.4 Å². The molecule has 0 heterocycles. The number of rotatable bonds is 6. The minimum atomic E-state index is -0.278. The highest BCUT2D eigenvalue weighted by Gasteiger charge is 2.07. The molecule has 2 N–H and O–H groups in total. The molecule has 0 aromatic heterocycles. The van der Waals surface area contributed by atoms with Crippen molar-refractivity contribution in [2.75, 3.05) is 17.2 Å². The number of ether oxygens (including phenoxy) is 1. The average molecular weight is 472 g/mol. The Balaban J connectivity index is 1.56. The van der Waals surface area contributed by atoms with Crippen molar-refractivity contribution in [3.05, 3.63) is 88.0 Å². The van der Waals surface area contributed by atoms with Crippen LogP contribution in [0.5, 0.6) is 5.75 Å². The second-order valence-corrected chi connectivity index (χ2v) is 6.94. The normalized spacial score (nSPS) is 10.1. The van der Waals surface area contributed by atoms with Gasteiger partial charge in [-0.3, -0.25) is 9.59 Å². The summed E-state index contributed by atoms with van der Waals surface area (Å²) >= 11 is 2.20. The molecule has 2 amide bonds. The Kier molecular flexibility index (Phi) is 6.43. The Bertz CT molecular complexity index is 928. The monoisotopic (exact) mass is 472 g/mol. The van der Waals surface area contributed by atoms with Gasteiger partial charge in [0.25, 0.3) is 11.8 Å². The van der Waals surface area contributed by atoms with E-state index in [0.29, 0.717) is 22.7 Å². The maximum Gasteiger partial charge on any atom is 0.262 e. The van der Waals surface area contributed by atoms with Crippen LogP contribution < -0.4 is 15.4 Å². The Morgan fingerprint density at radius 3 is 2.19 bits per heavy atom. The number of hydrogen-bond donors (Lipinski definition) is 2. The topological polar surface area (TPSA) is 67.4 Å². The summed E-state index contributed by atoms with van der Waals surface area (Å²) in [5, 5.41) is 5.57. The molecule has 0 radical (unpaired) electrons. The molecule has 136 valence electrons. The third-order valence-corrected chi connectivity index (χ3v) is 4.34. The molecule has 0 saturated carbocycles. The van der Waals surface area contributed by atoms with Crippen molar-refractivity contribution in [1.29, 1.82) is 0 Å². The number of nitrogens with one attached hydrogen (secondary N) is 2. The van der Waals surface area contributed by atoms with E-state index in [1.54, 1.807) is 48.5 Å². The molecule has 3 aromatic carbocycles. The largest absolute Gasteiger partial charge is 0.484 e. The van der Waals surface area contributed by atoms with E-state index in [2.05, 4.69) is 33.2 Å². The van der Waals surface area contributed by atoms with Crippen molar-refractivity contribution in [3.63, 3.8) is 0 Å². The van der Waals surface area contributed by atoms with Gasteiger partial charge >= 0.3 is 0 Å². The Labute approximate surface area is 170 Å². The van der Waals surface area contributed by atoms with Crippen molar-refractivity contribution in [2.45, 2.75) is 0 Å². The standard InChI is InChI=1S/C21H17IN2O3/c22-16-9-11-19(12-10-16)27-14-20(25)23-17-7-4-8-18(13-17)24-21(26)15-5-2-1-3-6-15/h1-13H,14H2,(H,23,25)(H,24,26). The van der Waals surface area contributed by atoms with Crippen LogP contribution in [-0.2, 0) is 4.79 Å². The van der Waals surface area contributed by atoms with Crippen LogP contribution in [-0.4, -0.2) is 18.4 Å². The van der Waals surface area contributed by atoms with Gasteiger partial charge in [0.1, 0.15) is 5.75 Å². The zero-order valence-corrected chi connectivity index (χ0v) is 16.5. The number of carbonyl (C=O) groups excluding carboxylic acids is 2. The van der Waals surface area contributed by atoms with Crippen LogP contribution in [0.3, 0.4) is 0 Å². The zero-order valence-electron chi connectivity index (χ0n) is 14.3. The summed E-state index contributed by atoms with van der Waals surface area (Å²) in [6.07, 6.45) is 0. The van der Waals surface area contributed by atoms with Crippen LogP contribution in [0.2, 0.25) is 0 Å². The predicted molar refractivity (Wildman–Crippen MR) is 114 cm³/mol. The van der Waals surface area contributed by atoms with Gasteiger partial charge in [-0.15, -0.1) is 0 Å². The number of carbonyl (C=O) groups is 2. The fraction of sp³-hybridized carbons (Fsp3) is 0.0476. The van der Waals surface area contributed by atoms with Crippen LogP contribution in [0.1, 0.15) is 10.4 Å². The van der Waals surface area contributed by atoms with Crippen LogP contribution >= 0.6 is 22.6 Å². The van der Waals surface area contributed by atoms with Gasteiger partial charge in [-0.25, -0.2) is 0 Å². The summed E-state index contributed by atoms with van der Waals surface area (Å²) in [6, 6.07) is 23.4. The van der Waals surface area contributed by atoms with E-state index in [4.69, 9.17) is 4.74 Å². The molecule has 3 rings (SSSR count). The van der Waals surface area contributed by atoms with Gasteiger partial charge in [-0.05, 0) is 77.2 Å². The minimum absolute atomic E-state index is 0.0960. The Hall–Kier alpha value is -2.87. The highest BCUT2D eigenvalue weighted by atomic mass is 127. The van der Waals surface area contributed by atoms with Gasteiger partial charge in [0.2, 0.25) is 0 Å². The van der Waals surface area contributed by atoms with Crippen molar-refractivity contribution in [1.82, 2.24) is 0 Å². The lowest BCUT2D eigenvalue weighted by Gasteiger charge is -2.10. The van der Waals surface area contributed by atoms with Crippen molar-refractivity contribution < 1.29 is 14.3 Å². The maximum absolute atomic E-state index is 12.2. The SMILES string of the molecule is O=C(COc1ccc(I)cc1)Nc1cccc(NC(=O)c2ccccc2)c1. The number of hydrogen-bond acceptors (Lipinski definition) is 3. The van der Waals surface area contributed by atoms with E-state index >= 15 is 0 Å². The molecule has 0 atom stereocenters. The second-order valence-electron chi connectivity index (χ2n) is 5.69. The lowest BCUT2D eigenvalue weighted by molar-refractivity contribution is -0.118. The lowest BCUT2D eigenvalue weighted by atomic mass is 10.2. The first-order valence-electron chi connectivity index (χ1n) is 8.25. The van der Waals surface area contributed by atoms with E-state index in [0.717, 1.165) is 3.57 Å². The number of benzene rings is 3. The van der Waals surface area contributed by atoms with E-state index in [1.165, 1.54) is 0 Å². The highest BCUT2D eigenvalue weighted by Crippen LogP contribution is 2.17. The van der Waals surface area contributed by atoms with Crippen molar-refractivity contribution in [3.8, 4) is 5.75 Å². The van der Waals surface area contributed by atoms with Gasteiger partial charge in [0, 0.05) is 20.5 Å². The number of halogens is 1. The Morgan fingerprint density at radius 2 is 1.48 bits per heavy atom. The fourth-order valence-corrected chi connectivity index (χ4v) is 2.70. The molecular weight excluding hydrogens is 455 g/mol. The van der Waals surface area contributed by atoms with Crippen LogP contribution in [0, 0.1) is 3.57 Å². The molecular formula is C21H17IN2O3. The molecule has 0 aliphatic heterocycles. The van der Waals surface area contributed by atoms with Crippen molar-refractivity contribution in [2.24, 2.45) is 0 Å². The molecule has 0 unspecified atom stereocenters. The van der Waals surface area contributed by atoms with Crippen LogP contribution in [0.15, 0.2) is 78.9 Å². The molecule has 27 heavy (non-hydrogen) atoms. The third kappa shape index (κ3) is 5.82. The van der Waals surface area contributed by atoms with Gasteiger partial charge in [0.05, 0.1) is 0 Å².